The van der Waals surface area contributed by atoms with Crippen molar-refractivity contribution in [1.29, 1.82) is 0 Å². The fraction of sp³-hybridized carbons (Fsp3) is 0.533. The first kappa shape index (κ1) is 14.4. The summed E-state index contributed by atoms with van der Waals surface area (Å²) in [5.74, 6) is 0.239. The Morgan fingerprint density at radius 1 is 1.18 bits per heavy atom. The van der Waals surface area contributed by atoms with Crippen molar-refractivity contribution in [3.05, 3.63) is 35.9 Å². The normalized spacial score (nSPS) is 12.4. The molecule has 0 aliphatic heterocycles. The smallest absolute Gasteiger partial charge is 0.163 e. The van der Waals surface area contributed by atoms with E-state index in [0.717, 1.165) is 12.0 Å². The van der Waals surface area contributed by atoms with Gasteiger partial charge in [0.05, 0.1) is 0 Å². The van der Waals surface area contributed by atoms with Gasteiger partial charge >= 0.3 is 0 Å². The van der Waals surface area contributed by atoms with Gasteiger partial charge in [0.25, 0.3) is 0 Å². The molecule has 1 nitrogen and oxygen atoms in total. The van der Waals surface area contributed by atoms with Gasteiger partial charge < -0.3 is 0 Å². The molecule has 1 aromatic rings. The standard InChI is InChI=1S/C15H21BrO/c1-2-3-4-8-11-14(16)12-15(17)13-9-6-5-7-10-13/h5-7,9-10,14H,2-4,8,11-12H2,1H3. The van der Waals surface area contributed by atoms with Gasteiger partial charge in [0.15, 0.2) is 5.78 Å². The van der Waals surface area contributed by atoms with Gasteiger partial charge in [-0.3, -0.25) is 4.79 Å². The largest absolute Gasteiger partial charge is 0.294 e. The van der Waals surface area contributed by atoms with Crippen molar-refractivity contribution in [2.45, 2.75) is 50.3 Å². The Kier molecular flexibility index (Phi) is 7.18. The van der Waals surface area contributed by atoms with Gasteiger partial charge in [-0.25, -0.2) is 0 Å². The second-order valence-corrected chi connectivity index (χ2v) is 5.73. The van der Waals surface area contributed by atoms with Crippen LogP contribution in [0, 0.1) is 0 Å². The van der Waals surface area contributed by atoms with E-state index in [-0.39, 0.29) is 5.78 Å². The molecule has 1 unspecified atom stereocenters. The molecule has 94 valence electrons. The van der Waals surface area contributed by atoms with Gasteiger partial charge in [-0.2, -0.15) is 0 Å². The minimum absolute atomic E-state index is 0.239. The summed E-state index contributed by atoms with van der Waals surface area (Å²) in [6.45, 7) is 2.21. The molecule has 1 aromatic carbocycles. The van der Waals surface area contributed by atoms with E-state index in [9.17, 15) is 4.79 Å². The summed E-state index contributed by atoms with van der Waals surface area (Å²) >= 11 is 3.61. The molecule has 0 amide bonds. The van der Waals surface area contributed by atoms with Crippen molar-refractivity contribution < 1.29 is 4.79 Å². The van der Waals surface area contributed by atoms with Crippen LogP contribution >= 0.6 is 15.9 Å². The number of carbonyl (C=O) groups is 1. The molecule has 0 aromatic heterocycles. The Morgan fingerprint density at radius 3 is 2.53 bits per heavy atom. The molecule has 17 heavy (non-hydrogen) atoms. The Morgan fingerprint density at radius 2 is 1.88 bits per heavy atom. The highest BCUT2D eigenvalue weighted by Gasteiger charge is 2.11. The van der Waals surface area contributed by atoms with Gasteiger partial charge in [-0.15, -0.1) is 0 Å². The lowest BCUT2D eigenvalue weighted by Gasteiger charge is -2.08. The molecule has 0 heterocycles. The van der Waals surface area contributed by atoms with Crippen molar-refractivity contribution >= 4 is 21.7 Å². The molecule has 0 bridgehead atoms. The number of alkyl halides is 1. The molecule has 2 heteroatoms. The van der Waals surface area contributed by atoms with E-state index < -0.39 is 0 Å². The number of hydrogen-bond donors (Lipinski definition) is 0. The molecule has 0 aliphatic carbocycles. The highest BCUT2D eigenvalue weighted by molar-refractivity contribution is 9.09. The molecular formula is C15H21BrO. The average molecular weight is 297 g/mol. The van der Waals surface area contributed by atoms with E-state index in [2.05, 4.69) is 22.9 Å². The summed E-state index contributed by atoms with van der Waals surface area (Å²) in [6.07, 6.45) is 6.75. The van der Waals surface area contributed by atoms with E-state index in [1.807, 2.05) is 30.3 Å². The monoisotopic (exact) mass is 296 g/mol. The van der Waals surface area contributed by atoms with Crippen molar-refractivity contribution in [2.24, 2.45) is 0 Å². The fourth-order valence-corrected chi connectivity index (χ4v) is 2.46. The average Bonchev–Trinajstić information content (AvgIpc) is 2.36. The number of benzene rings is 1. The Labute approximate surface area is 113 Å². The van der Waals surface area contributed by atoms with E-state index in [1.165, 1.54) is 25.7 Å². The van der Waals surface area contributed by atoms with Gasteiger partial charge in [-0.1, -0.05) is 78.9 Å². The van der Waals surface area contributed by atoms with Crippen LogP contribution in [0.4, 0.5) is 0 Å². The van der Waals surface area contributed by atoms with Crippen LogP contribution in [0.5, 0.6) is 0 Å². The molecule has 0 spiro atoms. The van der Waals surface area contributed by atoms with E-state index in [0.29, 0.717) is 11.2 Å². The highest BCUT2D eigenvalue weighted by Crippen LogP contribution is 2.17. The zero-order chi connectivity index (χ0) is 12.5. The lowest BCUT2D eigenvalue weighted by atomic mass is 10.0. The van der Waals surface area contributed by atoms with Crippen LogP contribution < -0.4 is 0 Å². The Bertz CT molecular complexity index is 321. The molecular weight excluding hydrogens is 276 g/mol. The van der Waals surface area contributed by atoms with Crippen molar-refractivity contribution in [1.82, 2.24) is 0 Å². The number of hydrogen-bond acceptors (Lipinski definition) is 1. The first-order valence-electron chi connectivity index (χ1n) is 6.46. The molecule has 1 atom stereocenters. The molecule has 0 fully saturated rings. The van der Waals surface area contributed by atoms with E-state index in [4.69, 9.17) is 0 Å². The highest BCUT2D eigenvalue weighted by atomic mass is 79.9. The van der Waals surface area contributed by atoms with Crippen molar-refractivity contribution in [2.75, 3.05) is 0 Å². The van der Waals surface area contributed by atoms with E-state index in [1.54, 1.807) is 0 Å². The minimum Gasteiger partial charge on any atom is -0.294 e. The zero-order valence-electron chi connectivity index (χ0n) is 10.5. The predicted molar refractivity (Wildman–Crippen MR) is 76.9 cm³/mol. The maximum absolute atomic E-state index is 11.9. The van der Waals surface area contributed by atoms with E-state index >= 15 is 0 Å². The second kappa shape index (κ2) is 8.46. The maximum atomic E-state index is 11.9. The summed E-state index contributed by atoms with van der Waals surface area (Å²) in [6, 6.07) is 9.54. The summed E-state index contributed by atoms with van der Waals surface area (Å²) < 4.78 is 0. The van der Waals surface area contributed by atoms with Gasteiger partial charge in [0, 0.05) is 16.8 Å². The van der Waals surface area contributed by atoms with Crippen LogP contribution in [-0.2, 0) is 0 Å². The van der Waals surface area contributed by atoms with Crippen LogP contribution in [0.2, 0.25) is 0 Å². The van der Waals surface area contributed by atoms with Gasteiger partial charge in [-0.05, 0) is 6.42 Å². The number of ketones is 1. The van der Waals surface area contributed by atoms with Crippen LogP contribution in [0.15, 0.2) is 30.3 Å². The maximum Gasteiger partial charge on any atom is 0.163 e. The summed E-state index contributed by atoms with van der Waals surface area (Å²) in [5.41, 5.74) is 0.825. The number of carbonyl (C=O) groups excluding carboxylic acids is 1. The van der Waals surface area contributed by atoms with Crippen molar-refractivity contribution in [3.63, 3.8) is 0 Å². The number of unbranched alkanes of at least 4 members (excludes halogenated alkanes) is 3. The van der Waals surface area contributed by atoms with Crippen LogP contribution in [0.3, 0.4) is 0 Å². The molecule has 1 rings (SSSR count). The van der Waals surface area contributed by atoms with Crippen LogP contribution in [0.1, 0.15) is 55.8 Å². The molecule has 0 saturated heterocycles. The third kappa shape index (κ3) is 6.02. The lowest BCUT2D eigenvalue weighted by Crippen LogP contribution is -2.08. The first-order chi connectivity index (χ1) is 8.24. The minimum atomic E-state index is 0.239. The topological polar surface area (TPSA) is 17.1 Å². The quantitative estimate of drug-likeness (QED) is 0.375. The molecule has 0 N–H and O–H groups in total. The summed E-state index contributed by atoms with van der Waals surface area (Å²) in [7, 11) is 0. The lowest BCUT2D eigenvalue weighted by molar-refractivity contribution is 0.0981. The third-order valence-corrected chi connectivity index (χ3v) is 3.66. The summed E-state index contributed by atoms with van der Waals surface area (Å²) in [4.78, 5) is 12.2. The van der Waals surface area contributed by atoms with Gasteiger partial charge in [0.2, 0.25) is 0 Å². The Hall–Kier alpha value is -0.630. The molecule has 0 aliphatic rings. The first-order valence-corrected chi connectivity index (χ1v) is 7.38. The predicted octanol–water partition coefficient (Wildman–Crippen LogP) is 4.99. The number of halogens is 1. The number of rotatable bonds is 8. The zero-order valence-corrected chi connectivity index (χ0v) is 12.1. The number of Topliss-reactive ketones (excluding diaryl/α,β-unsaturated/α-hetero) is 1. The van der Waals surface area contributed by atoms with Crippen molar-refractivity contribution in [3.8, 4) is 0 Å². The molecule has 0 radical (unpaired) electrons. The third-order valence-electron chi connectivity index (χ3n) is 2.87. The second-order valence-electron chi connectivity index (χ2n) is 4.44. The van der Waals surface area contributed by atoms with Crippen LogP contribution in [0.25, 0.3) is 0 Å². The summed E-state index contributed by atoms with van der Waals surface area (Å²) in [5, 5.41) is 0. The fourth-order valence-electron chi connectivity index (χ4n) is 1.84. The Balaban J connectivity index is 2.26. The van der Waals surface area contributed by atoms with Crippen LogP contribution in [-0.4, -0.2) is 10.6 Å². The SMILES string of the molecule is CCCCCCC(Br)CC(=O)c1ccccc1. The molecule has 0 saturated carbocycles. The van der Waals surface area contributed by atoms with Gasteiger partial charge in [0.1, 0.15) is 0 Å².